The highest BCUT2D eigenvalue weighted by Crippen LogP contribution is 2.29. The maximum absolute atomic E-state index is 12.4. The molecule has 0 radical (unpaired) electrons. The molecule has 0 aromatic carbocycles. The quantitative estimate of drug-likeness (QED) is 0.865. The SMILES string of the molecule is CN1CCN(S(=O)(=O)c2cc(CN)oc2Br)CC1. The molecule has 0 amide bonds. The first-order valence-corrected chi connectivity index (χ1v) is 7.85. The van der Waals surface area contributed by atoms with E-state index in [0.717, 1.165) is 13.1 Å². The van der Waals surface area contributed by atoms with Crippen LogP contribution in [0.3, 0.4) is 0 Å². The smallest absolute Gasteiger partial charge is 0.247 e. The number of sulfonamides is 1. The molecule has 0 unspecified atom stereocenters. The third-order valence-corrected chi connectivity index (χ3v) is 5.74. The summed E-state index contributed by atoms with van der Waals surface area (Å²) in [6.07, 6.45) is 0. The molecule has 2 rings (SSSR count). The molecule has 1 fully saturated rings. The van der Waals surface area contributed by atoms with E-state index in [1.807, 2.05) is 7.05 Å². The highest BCUT2D eigenvalue weighted by atomic mass is 79.9. The number of hydrogen-bond acceptors (Lipinski definition) is 5. The third-order valence-electron chi connectivity index (χ3n) is 2.99. The molecule has 2 N–H and O–H groups in total. The van der Waals surface area contributed by atoms with Crippen molar-refractivity contribution in [2.45, 2.75) is 11.4 Å². The highest BCUT2D eigenvalue weighted by molar-refractivity contribution is 9.10. The van der Waals surface area contributed by atoms with Crippen LogP contribution in [-0.4, -0.2) is 50.8 Å². The molecule has 1 aromatic rings. The Morgan fingerprint density at radius 2 is 2.00 bits per heavy atom. The zero-order valence-corrected chi connectivity index (χ0v) is 12.5. The van der Waals surface area contributed by atoms with Crippen LogP contribution in [0.25, 0.3) is 0 Å². The van der Waals surface area contributed by atoms with Gasteiger partial charge in [-0.2, -0.15) is 4.31 Å². The molecular weight excluding hydrogens is 322 g/mol. The van der Waals surface area contributed by atoms with E-state index >= 15 is 0 Å². The molecule has 18 heavy (non-hydrogen) atoms. The van der Waals surface area contributed by atoms with E-state index in [4.69, 9.17) is 10.2 Å². The van der Waals surface area contributed by atoms with Gasteiger partial charge in [-0.1, -0.05) is 0 Å². The number of rotatable bonds is 3. The summed E-state index contributed by atoms with van der Waals surface area (Å²) in [7, 11) is -1.52. The molecule has 6 nitrogen and oxygen atoms in total. The molecule has 8 heteroatoms. The van der Waals surface area contributed by atoms with Crippen molar-refractivity contribution in [3.05, 3.63) is 16.5 Å². The van der Waals surface area contributed by atoms with Gasteiger partial charge in [0, 0.05) is 32.2 Å². The monoisotopic (exact) mass is 337 g/mol. The summed E-state index contributed by atoms with van der Waals surface area (Å²) in [6.45, 7) is 2.64. The zero-order valence-electron chi connectivity index (χ0n) is 10.1. The largest absolute Gasteiger partial charge is 0.452 e. The van der Waals surface area contributed by atoms with Crippen LogP contribution in [0.5, 0.6) is 0 Å². The first kappa shape index (κ1) is 14.0. The van der Waals surface area contributed by atoms with Crippen molar-refractivity contribution in [1.29, 1.82) is 0 Å². The molecule has 0 atom stereocenters. The number of nitrogens with zero attached hydrogens (tertiary/aromatic N) is 2. The maximum Gasteiger partial charge on any atom is 0.247 e. The van der Waals surface area contributed by atoms with Gasteiger partial charge in [-0.25, -0.2) is 8.42 Å². The van der Waals surface area contributed by atoms with Gasteiger partial charge in [-0.3, -0.25) is 0 Å². The number of nitrogens with two attached hydrogens (primary N) is 1. The second-order valence-corrected chi connectivity index (χ2v) is 6.89. The van der Waals surface area contributed by atoms with Crippen molar-refractivity contribution in [1.82, 2.24) is 9.21 Å². The van der Waals surface area contributed by atoms with Crippen LogP contribution in [0.15, 0.2) is 20.0 Å². The van der Waals surface area contributed by atoms with Crippen LogP contribution in [0.1, 0.15) is 5.76 Å². The molecule has 2 heterocycles. The predicted molar refractivity (Wildman–Crippen MR) is 70.6 cm³/mol. The van der Waals surface area contributed by atoms with Crippen LogP contribution in [-0.2, 0) is 16.6 Å². The lowest BCUT2D eigenvalue weighted by Crippen LogP contribution is -2.47. The van der Waals surface area contributed by atoms with E-state index in [-0.39, 0.29) is 16.1 Å². The first-order chi connectivity index (χ1) is 8.45. The van der Waals surface area contributed by atoms with Crippen molar-refractivity contribution in [3.63, 3.8) is 0 Å². The van der Waals surface area contributed by atoms with E-state index < -0.39 is 10.0 Å². The standard InChI is InChI=1S/C10H16BrN3O3S/c1-13-2-4-14(5-3-13)18(15,16)9-6-8(7-12)17-10(9)11/h6H,2-5,7,12H2,1H3. The molecule has 0 saturated carbocycles. The molecule has 1 aromatic heterocycles. The summed E-state index contributed by atoms with van der Waals surface area (Å²) in [5.74, 6) is 0.453. The summed E-state index contributed by atoms with van der Waals surface area (Å²) in [4.78, 5) is 2.26. The van der Waals surface area contributed by atoms with Gasteiger partial charge in [-0.15, -0.1) is 0 Å². The number of likely N-dealkylation sites (N-methyl/N-ethyl adjacent to an activating group) is 1. The average Bonchev–Trinajstić information content (AvgIpc) is 2.72. The minimum absolute atomic E-state index is 0.160. The number of hydrogen-bond donors (Lipinski definition) is 1. The minimum Gasteiger partial charge on any atom is -0.452 e. The lowest BCUT2D eigenvalue weighted by molar-refractivity contribution is 0.222. The number of halogens is 1. The van der Waals surface area contributed by atoms with Crippen LogP contribution in [0.2, 0.25) is 0 Å². The Morgan fingerprint density at radius 1 is 1.39 bits per heavy atom. The lowest BCUT2D eigenvalue weighted by atomic mass is 10.4. The Morgan fingerprint density at radius 3 is 2.50 bits per heavy atom. The Labute approximate surface area is 115 Å². The van der Waals surface area contributed by atoms with Crippen molar-refractivity contribution in [2.24, 2.45) is 5.73 Å². The normalized spacial score (nSPS) is 19.3. The van der Waals surface area contributed by atoms with Gasteiger partial charge in [0.25, 0.3) is 0 Å². The second-order valence-electron chi connectivity index (χ2n) is 4.26. The first-order valence-electron chi connectivity index (χ1n) is 5.62. The average molecular weight is 338 g/mol. The number of furan rings is 1. The van der Waals surface area contributed by atoms with Crippen LogP contribution >= 0.6 is 15.9 Å². The van der Waals surface area contributed by atoms with Gasteiger partial charge in [0.15, 0.2) is 4.67 Å². The van der Waals surface area contributed by atoms with E-state index in [1.54, 1.807) is 0 Å². The van der Waals surface area contributed by atoms with Gasteiger partial charge in [0.05, 0.1) is 6.54 Å². The van der Waals surface area contributed by atoms with E-state index in [2.05, 4.69) is 20.8 Å². The molecule has 1 aliphatic heterocycles. The molecule has 0 spiro atoms. The summed E-state index contributed by atoms with van der Waals surface area (Å²) < 4.78 is 31.8. The molecule has 0 aliphatic carbocycles. The minimum atomic E-state index is -3.49. The van der Waals surface area contributed by atoms with Crippen molar-refractivity contribution in [3.8, 4) is 0 Å². The summed E-state index contributed by atoms with van der Waals surface area (Å²) in [5.41, 5.74) is 5.44. The summed E-state index contributed by atoms with van der Waals surface area (Å²) in [6, 6.07) is 1.48. The molecule has 0 bridgehead atoms. The van der Waals surface area contributed by atoms with Gasteiger partial charge in [-0.05, 0) is 23.0 Å². The fourth-order valence-corrected chi connectivity index (χ4v) is 4.22. The third kappa shape index (κ3) is 2.62. The van der Waals surface area contributed by atoms with Gasteiger partial charge in [0.1, 0.15) is 10.7 Å². The van der Waals surface area contributed by atoms with E-state index in [9.17, 15) is 8.42 Å². The van der Waals surface area contributed by atoms with Crippen LogP contribution < -0.4 is 5.73 Å². The van der Waals surface area contributed by atoms with Gasteiger partial charge in [0.2, 0.25) is 10.0 Å². The molecular formula is C10H16BrN3O3S. The molecule has 1 saturated heterocycles. The fraction of sp³-hybridized carbons (Fsp3) is 0.600. The predicted octanol–water partition coefficient (Wildman–Crippen LogP) is 0.437. The van der Waals surface area contributed by atoms with Crippen molar-refractivity contribution < 1.29 is 12.8 Å². The summed E-state index contributed by atoms with van der Waals surface area (Å²) in [5, 5.41) is 0. The topological polar surface area (TPSA) is 79.8 Å². The number of piperazine rings is 1. The second kappa shape index (κ2) is 5.30. The van der Waals surface area contributed by atoms with Gasteiger partial charge < -0.3 is 15.1 Å². The molecule has 102 valence electrons. The Bertz CT molecular complexity index is 520. The van der Waals surface area contributed by atoms with Crippen LogP contribution in [0.4, 0.5) is 0 Å². The Kier molecular flexibility index (Phi) is 4.12. The zero-order chi connectivity index (χ0) is 13.3. The Hall–Kier alpha value is -0.410. The Balaban J connectivity index is 2.27. The van der Waals surface area contributed by atoms with Crippen molar-refractivity contribution in [2.75, 3.05) is 33.2 Å². The van der Waals surface area contributed by atoms with Gasteiger partial charge >= 0.3 is 0 Å². The van der Waals surface area contributed by atoms with E-state index in [0.29, 0.717) is 18.8 Å². The van der Waals surface area contributed by atoms with Crippen LogP contribution in [0, 0.1) is 0 Å². The maximum atomic E-state index is 12.4. The molecule has 1 aliphatic rings. The van der Waals surface area contributed by atoms with E-state index in [1.165, 1.54) is 10.4 Å². The summed E-state index contributed by atoms with van der Waals surface area (Å²) >= 11 is 3.13. The highest BCUT2D eigenvalue weighted by Gasteiger charge is 2.31. The lowest BCUT2D eigenvalue weighted by Gasteiger charge is -2.31. The fourth-order valence-electron chi connectivity index (χ4n) is 1.84. The van der Waals surface area contributed by atoms with Crippen molar-refractivity contribution >= 4 is 26.0 Å².